The Labute approximate surface area is 93.5 Å². The zero-order valence-corrected chi connectivity index (χ0v) is 11.1. The SMILES string of the molecule is CCO[Si](C=CCOC)(OCC)OCC. The second-order valence-corrected chi connectivity index (χ2v) is 5.17. The lowest BCUT2D eigenvalue weighted by atomic mass is 10.7. The Bertz CT molecular complexity index is 156. The van der Waals surface area contributed by atoms with Crippen molar-refractivity contribution in [2.75, 3.05) is 33.5 Å². The summed E-state index contributed by atoms with van der Waals surface area (Å²) in [5, 5.41) is 0. The number of hydrogen-bond donors (Lipinski definition) is 0. The molecule has 0 fully saturated rings. The molecule has 0 amide bonds. The van der Waals surface area contributed by atoms with Crippen LogP contribution in [0.15, 0.2) is 11.8 Å². The van der Waals surface area contributed by atoms with Crippen LogP contribution in [0.3, 0.4) is 0 Å². The zero-order valence-electron chi connectivity index (χ0n) is 10.1. The molecule has 0 atom stereocenters. The summed E-state index contributed by atoms with van der Waals surface area (Å²) in [5.41, 5.74) is 1.88. The molecule has 0 saturated heterocycles. The van der Waals surface area contributed by atoms with Crippen LogP contribution in [0.25, 0.3) is 0 Å². The van der Waals surface area contributed by atoms with E-state index < -0.39 is 8.80 Å². The van der Waals surface area contributed by atoms with Gasteiger partial charge in [0.15, 0.2) is 0 Å². The van der Waals surface area contributed by atoms with Crippen molar-refractivity contribution in [2.24, 2.45) is 0 Å². The molecule has 0 aromatic carbocycles. The summed E-state index contributed by atoms with van der Waals surface area (Å²) in [6.45, 7) is 8.11. The first-order valence-electron chi connectivity index (χ1n) is 5.33. The van der Waals surface area contributed by atoms with Gasteiger partial charge in [0.1, 0.15) is 0 Å². The van der Waals surface area contributed by atoms with Crippen LogP contribution in [-0.2, 0) is 18.0 Å². The van der Waals surface area contributed by atoms with Crippen molar-refractivity contribution >= 4 is 8.80 Å². The van der Waals surface area contributed by atoms with E-state index in [-0.39, 0.29) is 0 Å². The van der Waals surface area contributed by atoms with Crippen LogP contribution < -0.4 is 0 Å². The highest BCUT2D eigenvalue weighted by atomic mass is 28.4. The molecule has 4 nitrogen and oxygen atoms in total. The first-order chi connectivity index (χ1) is 7.24. The summed E-state index contributed by atoms with van der Waals surface area (Å²) in [5.74, 6) is 0. The maximum Gasteiger partial charge on any atom is 0.529 e. The van der Waals surface area contributed by atoms with Crippen molar-refractivity contribution < 1.29 is 18.0 Å². The molecule has 0 heterocycles. The van der Waals surface area contributed by atoms with Gasteiger partial charge in [0.25, 0.3) is 0 Å². The van der Waals surface area contributed by atoms with Crippen molar-refractivity contribution in [3.8, 4) is 0 Å². The molecule has 90 valence electrons. The smallest absolute Gasteiger partial charge is 0.381 e. The number of ether oxygens (including phenoxy) is 1. The molecule has 0 bridgehead atoms. The van der Waals surface area contributed by atoms with Gasteiger partial charge in [-0.05, 0) is 26.5 Å². The maximum absolute atomic E-state index is 5.61. The summed E-state index contributed by atoms with van der Waals surface area (Å²) in [7, 11) is -0.945. The minimum Gasteiger partial charge on any atom is -0.381 e. The fraction of sp³-hybridized carbons (Fsp3) is 0.800. The highest BCUT2D eigenvalue weighted by Gasteiger charge is 2.37. The topological polar surface area (TPSA) is 36.9 Å². The maximum atomic E-state index is 5.61. The van der Waals surface area contributed by atoms with E-state index in [0.29, 0.717) is 26.4 Å². The van der Waals surface area contributed by atoms with Gasteiger partial charge in [-0.2, -0.15) is 0 Å². The Morgan fingerprint density at radius 1 is 0.933 bits per heavy atom. The Balaban J connectivity index is 4.44. The van der Waals surface area contributed by atoms with Crippen LogP contribution >= 0.6 is 0 Å². The van der Waals surface area contributed by atoms with Gasteiger partial charge in [0.05, 0.1) is 6.61 Å². The molecule has 0 aliphatic carbocycles. The first kappa shape index (κ1) is 14.8. The molecule has 0 unspecified atom stereocenters. The Morgan fingerprint density at radius 3 is 1.73 bits per heavy atom. The van der Waals surface area contributed by atoms with Crippen LogP contribution in [-0.4, -0.2) is 42.3 Å². The van der Waals surface area contributed by atoms with Crippen molar-refractivity contribution in [2.45, 2.75) is 20.8 Å². The molecular weight excluding hydrogens is 212 g/mol. The third kappa shape index (κ3) is 6.06. The molecular formula is C10H22O4Si. The van der Waals surface area contributed by atoms with E-state index in [0.717, 1.165) is 0 Å². The lowest BCUT2D eigenvalue weighted by Gasteiger charge is -2.25. The highest BCUT2D eigenvalue weighted by molar-refractivity contribution is 6.66. The minimum absolute atomic E-state index is 0.544. The van der Waals surface area contributed by atoms with Gasteiger partial charge < -0.3 is 18.0 Å². The van der Waals surface area contributed by atoms with Gasteiger partial charge in [0.2, 0.25) is 0 Å². The Morgan fingerprint density at radius 2 is 1.40 bits per heavy atom. The molecule has 0 aliphatic rings. The summed E-state index contributed by atoms with van der Waals surface area (Å²) in [6, 6.07) is 0. The predicted molar refractivity (Wildman–Crippen MR) is 61.6 cm³/mol. The molecule has 0 aromatic rings. The average molecular weight is 234 g/mol. The van der Waals surface area contributed by atoms with Crippen LogP contribution in [0.1, 0.15) is 20.8 Å². The van der Waals surface area contributed by atoms with Gasteiger partial charge in [-0.25, -0.2) is 0 Å². The second kappa shape index (κ2) is 9.05. The second-order valence-electron chi connectivity index (χ2n) is 2.76. The zero-order chi connectivity index (χ0) is 11.6. The van der Waals surface area contributed by atoms with E-state index in [4.69, 9.17) is 18.0 Å². The lowest BCUT2D eigenvalue weighted by Crippen LogP contribution is -2.44. The molecule has 0 spiro atoms. The molecule has 0 N–H and O–H groups in total. The lowest BCUT2D eigenvalue weighted by molar-refractivity contribution is 0.0840. The average Bonchev–Trinajstić information content (AvgIpc) is 2.19. The van der Waals surface area contributed by atoms with Crippen molar-refractivity contribution in [1.82, 2.24) is 0 Å². The molecule has 0 saturated carbocycles. The number of hydrogen-bond acceptors (Lipinski definition) is 4. The minimum atomic E-state index is -2.59. The fourth-order valence-corrected chi connectivity index (χ4v) is 3.29. The van der Waals surface area contributed by atoms with E-state index in [1.54, 1.807) is 7.11 Å². The summed E-state index contributed by atoms with van der Waals surface area (Å²) < 4.78 is 21.8. The monoisotopic (exact) mass is 234 g/mol. The van der Waals surface area contributed by atoms with E-state index in [2.05, 4.69) is 0 Å². The van der Waals surface area contributed by atoms with Gasteiger partial charge in [-0.15, -0.1) is 0 Å². The molecule has 5 heteroatoms. The van der Waals surface area contributed by atoms with Gasteiger partial charge in [-0.1, -0.05) is 6.08 Å². The Kier molecular flexibility index (Phi) is 8.93. The summed E-state index contributed by atoms with van der Waals surface area (Å²) >= 11 is 0. The number of rotatable bonds is 9. The van der Waals surface area contributed by atoms with Crippen LogP contribution in [0.5, 0.6) is 0 Å². The third-order valence-electron chi connectivity index (χ3n) is 1.62. The van der Waals surface area contributed by atoms with Crippen LogP contribution in [0.2, 0.25) is 0 Å². The third-order valence-corrected chi connectivity index (χ3v) is 4.34. The molecule has 0 aromatic heterocycles. The van der Waals surface area contributed by atoms with E-state index in [1.807, 2.05) is 32.5 Å². The normalized spacial score (nSPS) is 12.5. The van der Waals surface area contributed by atoms with Crippen LogP contribution in [0.4, 0.5) is 0 Å². The molecule has 0 radical (unpaired) electrons. The molecule has 0 rings (SSSR count). The number of methoxy groups -OCH3 is 1. The first-order valence-corrected chi connectivity index (χ1v) is 7.13. The van der Waals surface area contributed by atoms with Gasteiger partial charge in [-0.3, -0.25) is 0 Å². The fourth-order valence-electron chi connectivity index (χ4n) is 1.16. The van der Waals surface area contributed by atoms with Crippen molar-refractivity contribution in [3.05, 3.63) is 11.8 Å². The highest BCUT2D eigenvalue weighted by Crippen LogP contribution is 2.11. The largest absolute Gasteiger partial charge is 0.529 e. The summed E-state index contributed by atoms with van der Waals surface area (Å²) in [4.78, 5) is 0. The van der Waals surface area contributed by atoms with E-state index in [1.165, 1.54) is 0 Å². The van der Waals surface area contributed by atoms with Gasteiger partial charge in [0, 0.05) is 26.9 Å². The summed E-state index contributed by atoms with van der Waals surface area (Å²) in [6.07, 6.45) is 1.88. The predicted octanol–water partition coefficient (Wildman–Crippen LogP) is 1.78. The van der Waals surface area contributed by atoms with Gasteiger partial charge >= 0.3 is 8.80 Å². The molecule has 0 aliphatic heterocycles. The quantitative estimate of drug-likeness (QED) is 0.570. The van der Waals surface area contributed by atoms with Crippen LogP contribution in [0, 0.1) is 0 Å². The standard InChI is InChI=1S/C10H22O4Si/c1-5-12-15(13-6-2,14-7-3)10-8-9-11-4/h8,10H,5-7,9H2,1-4H3. The van der Waals surface area contributed by atoms with Crippen molar-refractivity contribution in [1.29, 1.82) is 0 Å². The Hall–Kier alpha value is -0.203. The molecule has 15 heavy (non-hydrogen) atoms. The van der Waals surface area contributed by atoms with E-state index >= 15 is 0 Å². The van der Waals surface area contributed by atoms with Crippen molar-refractivity contribution in [3.63, 3.8) is 0 Å². The van der Waals surface area contributed by atoms with E-state index in [9.17, 15) is 0 Å².